The third kappa shape index (κ3) is 3.74. The molecule has 2 fully saturated rings. The van der Waals surface area contributed by atoms with Crippen molar-refractivity contribution in [2.75, 3.05) is 46.9 Å². The lowest BCUT2D eigenvalue weighted by molar-refractivity contribution is -0.149. The number of nitrogens with zero attached hydrogens (tertiary/aromatic N) is 2. The summed E-state index contributed by atoms with van der Waals surface area (Å²) in [6.45, 7) is 6.34. The zero-order valence-electron chi connectivity index (χ0n) is 17.1. The zero-order chi connectivity index (χ0) is 19.7. The molecule has 5 nitrogen and oxygen atoms in total. The van der Waals surface area contributed by atoms with Crippen molar-refractivity contribution >= 4 is 16.7 Å². The predicted octanol–water partition coefficient (Wildman–Crippen LogP) is 3.28. The van der Waals surface area contributed by atoms with E-state index in [4.69, 9.17) is 9.47 Å². The first-order valence-electron chi connectivity index (χ1n) is 10.2. The normalized spacial score (nSPS) is 21.0. The Labute approximate surface area is 167 Å². The van der Waals surface area contributed by atoms with Gasteiger partial charge in [0.05, 0.1) is 25.2 Å². The lowest BCUT2D eigenvalue weighted by Crippen LogP contribution is -2.57. The fourth-order valence-electron chi connectivity index (χ4n) is 4.53. The molecule has 0 aromatic heterocycles. The lowest BCUT2D eigenvalue weighted by Gasteiger charge is -2.46. The molecule has 0 bridgehead atoms. The average molecular weight is 383 g/mol. The van der Waals surface area contributed by atoms with Gasteiger partial charge in [0, 0.05) is 26.2 Å². The summed E-state index contributed by atoms with van der Waals surface area (Å²) >= 11 is 0. The summed E-state index contributed by atoms with van der Waals surface area (Å²) in [4.78, 5) is 17.5. The van der Waals surface area contributed by atoms with Crippen LogP contribution in [0.3, 0.4) is 0 Å². The molecule has 2 heterocycles. The molecular formula is C23H30N2O3. The van der Waals surface area contributed by atoms with Gasteiger partial charge in [0.2, 0.25) is 5.91 Å². The number of likely N-dealkylation sites (N-methyl/N-ethyl adjacent to an activating group) is 1. The molecule has 2 saturated heterocycles. The molecule has 150 valence electrons. The second-order valence-electron chi connectivity index (χ2n) is 8.29. The number of piperidine rings is 1. The Morgan fingerprint density at radius 3 is 2.54 bits per heavy atom. The standard InChI is InChI=1S/C23H30N2O3/c1-17(18-4-5-20-15-21(27-3)7-6-19(20)14-18)22(26)25-10-8-23(9-11-25)16-24(2)12-13-28-23/h4-7,14-15,17H,8-13,16H2,1-3H3/t17-/m0/s1. The molecule has 5 heteroatoms. The van der Waals surface area contributed by atoms with E-state index in [1.165, 1.54) is 0 Å². The molecular weight excluding hydrogens is 352 g/mol. The Balaban J connectivity index is 1.44. The first-order chi connectivity index (χ1) is 13.5. The molecule has 0 aliphatic carbocycles. The van der Waals surface area contributed by atoms with Gasteiger partial charge >= 0.3 is 0 Å². The van der Waals surface area contributed by atoms with Crippen molar-refractivity contribution in [3.63, 3.8) is 0 Å². The highest BCUT2D eigenvalue weighted by molar-refractivity contribution is 5.88. The number of fused-ring (bicyclic) bond motifs is 1. The maximum absolute atomic E-state index is 13.1. The van der Waals surface area contributed by atoms with Crippen LogP contribution in [0.1, 0.15) is 31.2 Å². The summed E-state index contributed by atoms with van der Waals surface area (Å²) in [5, 5.41) is 2.26. The summed E-state index contributed by atoms with van der Waals surface area (Å²) in [5.41, 5.74) is 1.01. The number of likely N-dealkylation sites (tertiary alicyclic amines) is 1. The van der Waals surface area contributed by atoms with Crippen molar-refractivity contribution in [2.24, 2.45) is 0 Å². The molecule has 28 heavy (non-hydrogen) atoms. The molecule has 1 spiro atoms. The van der Waals surface area contributed by atoms with Crippen molar-refractivity contribution in [3.8, 4) is 5.75 Å². The van der Waals surface area contributed by atoms with Crippen LogP contribution in [0.4, 0.5) is 0 Å². The number of carbonyl (C=O) groups excluding carboxylic acids is 1. The van der Waals surface area contributed by atoms with Gasteiger partial charge in [0.1, 0.15) is 5.75 Å². The molecule has 2 aromatic carbocycles. The van der Waals surface area contributed by atoms with Crippen LogP contribution in [0.5, 0.6) is 5.75 Å². The van der Waals surface area contributed by atoms with Gasteiger partial charge in [0.25, 0.3) is 0 Å². The van der Waals surface area contributed by atoms with E-state index in [1.807, 2.05) is 24.0 Å². The number of carbonyl (C=O) groups is 1. The molecule has 2 aliphatic heterocycles. The summed E-state index contributed by atoms with van der Waals surface area (Å²) < 4.78 is 11.4. The topological polar surface area (TPSA) is 42.0 Å². The van der Waals surface area contributed by atoms with Gasteiger partial charge in [-0.25, -0.2) is 0 Å². The van der Waals surface area contributed by atoms with Crippen LogP contribution in [-0.2, 0) is 9.53 Å². The minimum absolute atomic E-state index is 0.0605. The summed E-state index contributed by atoms with van der Waals surface area (Å²) in [6, 6.07) is 12.3. The van der Waals surface area contributed by atoms with E-state index in [0.717, 1.165) is 67.7 Å². The third-order valence-electron chi connectivity index (χ3n) is 6.37. The van der Waals surface area contributed by atoms with Gasteiger partial charge in [-0.2, -0.15) is 0 Å². The number of morpholine rings is 1. The SMILES string of the molecule is COc1ccc2cc([C@H](C)C(=O)N3CCC4(CC3)CN(C)CCO4)ccc2c1. The number of ether oxygens (including phenoxy) is 2. The van der Waals surface area contributed by atoms with Crippen LogP contribution in [0.15, 0.2) is 36.4 Å². The number of hydrogen-bond acceptors (Lipinski definition) is 4. The van der Waals surface area contributed by atoms with Crippen molar-refractivity contribution in [2.45, 2.75) is 31.3 Å². The van der Waals surface area contributed by atoms with Gasteiger partial charge in [-0.15, -0.1) is 0 Å². The number of amides is 1. The van der Waals surface area contributed by atoms with Crippen molar-refractivity contribution in [3.05, 3.63) is 42.0 Å². The minimum Gasteiger partial charge on any atom is -0.497 e. The van der Waals surface area contributed by atoms with E-state index in [1.54, 1.807) is 7.11 Å². The summed E-state index contributed by atoms with van der Waals surface area (Å²) in [7, 11) is 3.83. The Hall–Kier alpha value is -2.11. The number of benzene rings is 2. The highest BCUT2D eigenvalue weighted by Crippen LogP contribution is 2.32. The van der Waals surface area contributed by atoms with Gasteiger partial charge in [0.15, 0.2) is 0 Å². The summed E-state index contributed by atoms with van der Waals surface area (Å²) in [5.74, 6) is 0.921. The van der Waals surface area contributed by atoms with Gasteiger partial charge < -0.3 is 19.3 Å². The van der Waals surface area contributed by atoms with Crippen LogP contribution < -0.4 is 4.74 Å². The minimum atomic E-state index is -0.143. The first kappa shape index (κ1) is 19.2. The van der Waals surface area contributed by atoms with E-state index in [2.05, 4.69) is 36.2 Å². The quantitative estimate of drug-likeness (QED) is 0.817. The Bertz CT molecular complexity index is 858. The van der Waals surface area contributed by atoms with Gasteiger partial charge in [-0.05, 0) is 55.3 Å². The van der Waals surface area contributed by atoms with Crippen LogP contribution in [0, 0.1) is 0 Å². The second-order valence-corrected chi connectivity index (χ2v) is 8.29. The maximum atomic E-state index is 13.1. The molecule has 0 unspecified atom stereocenters. The van der Waals surface area contributed by atoms with Crippen LogP contribution in [0.25, 0.3) is 10.8 Å². The predicted molar refractivity (Wildman–Crippen MR) is 111 cm³/mol. The van der Waals surface area contributed by atoms with Gasteiger partial charge in [-0.1, -0.05) is 24.3 Å². The fourth-order valence-corrected chi connectivity index (χ4v) is 4.53. The average Bonchev–Trinajstić information content (AvgIpc) is 2.72. The van der Waals surface area contributed by atoms with Crippen LogP contribution in [0.2, 0.25) is 0 Å². The van der Waals surface area contributed by atoms with Crippen LogP contribution >= 0.6 is 0 Å². The maximum Gasteiger partial charge on any atom is 0.229 e. The molecule has 2 aliphatic rings. The zero-order valence-corrected chi connectivity index (χ0v) is 17.1. The monoisotopic (exact) mass is 382 g/mol. The second kappa shape index (κ2) is 7.72. The Morgan fingerprint density at radius 1 is 1.11 bits per heavy atom. The van der Waals surface area contributed by atoms with E-state index >= 15 is 0 Å². The molecule has 1 amide bonds. The summed E-state index contributed by atoms with van der Waals surface area (Å²) in [6.07, 6.45) is 1.85. The molecule has 1 atom stereocenters. The van der Waals surface area contributed by atoms with E-state index in [0.29, 0.717) is 0 Å². The Morgan fingerprint density at radius 2 is 1.82 bits per heavy atom. The van der Waals surface area contributed by atoms with E-state index < -0.39 is 0 Å². The van der Waals surface area contributed by atoms with E-state index in [-0.39, 0.29) is 17.4 Å². The molecule has 2 aromatic rings. The molecule has 0 radical (unpaired) electrons. The highest BCUT2D eigenvalue weighted by Gasteiger charge is 2.40. The third-order valence-corrected chi connectivity index (χ3v) is 6.37. The molecule has 0 saturated carbocycles. The smallest absolute Gasteiger partial charge is 0.229 e. The molecule has 4 rings (SSSR count). The fraction of sp³-hybridized carbons (Fsp3) is 0.522. The first-order valence-corrected chi connectivity index (χ1v) is 10.2. The van der Waals surface area contributed by atoms with Gasteiger partial charge in [-0.3, -0.25) is 4.79 Å². The van der Waals surface area contributed by atoms with Crippen molar-refractivity contribution < 1.29 is 14.3 Å². The lowest BCUT2D eigenvalue weighted by atomic mass is 9.88. The number of hydrogen-bond donors (Lipinski definition) is 0. The van der Waals surface area contributed by atoms with Crippen LogP contribution in [-0.4, -0.2) is 68.3 Å². The van der Waals surface area contributed by atoms with Crippen molar-refractivity contribution in [1.82, 2.24) is 9.80 Å². The Kier molecular flexibility index (Phi) is 5.30. The van der Waals surface area contributed by atoms with E-state index in [9.17, 15) is 4.79 Å². The number of methoxy groups -OCH3 is 1. The van der Waals surface area contributed by atoms with Crippen molar-refractivity contribution in [1.29, 1.82) is 0 Å². The molecule has 0 N–H and O–H groups in total. The number of rotatable bonds is 3. The largest absolute Gasteiger partial charge is 0.497 e. The highest BCUT2D eigenvalue weighted by atomic mass is 16.5.